The van der Waals surface area contributed by atoms with Gasteiger partial charge in [-0.1, -0.05) is 6.42 Å². The van der Waals surface area contributed by atoms with E-state index in [0.29, 0.717) is 23.7 Å². The van der Waals surface area contributed by atoms with E-state index in [1.54, 1.807) is 12.4 Å². The van der Waals surface area contributed by atoms with Gasteiger partial charge >= 0.3 is 0 Å². The fraction of sp³-hybridized carbons (Fsp3) is 0.688. The van der Waals surface area contributed by atoms with Crippen LogP contribution in [0, 0.1) is 17.8 Å². The van der Waals surface area contributed by atoms with Crippen molar-refractivity contribution in [2.75, 3.05) is 31.1 Å². The fourth-order valence-electron chi connectivity index (χ4n) is 3.90. The first-order chi connectivity index (χ1) is 10.3. The van der Waals surface area contributed by atoms with Crippen LogP contribution in [0.25, 0.3) is 0 Å². The molecule has 1 saturated carbocycles. The minimum atomic E-state index is 0.332. The minimum Gasteiger partial charge on any atom is -0.342 e. The first-order valence-electron chi connectivity index (χ1n) is 8.12. The fourth-order valence-corrected chi connectivity index (χ4v) is 3.90. The monoisotopic (exact) mass is 286 g/mol. The molecule has 1 aromatic rings. The Kier molecular flexibility index (Phi) is 3.28. The second-order valence-corrected chi connectivity index (χ2v) is 6.67. The van der Waals surface area contributed by atoms with Crippen LogP contribution in [-0.4, -0.2) is 47.0 Å². The molecule has 5 nitrogen and oxygen atoms in total. The van der Waals surface area contributed by atoms with Crippen LogP contribution in [0.4, 0.5) is 5.95 Å². The van der Waals surface area contributed by atoms with Gasteiger partial charge in [-0.2, -0.15) is 0 Å². The standard InChI is InChI=1S/C16H22N4O/c21-15(12-3-1-4-12)20-9-13-5-8-19(10-14(13)11-20)16-17-6-2-7-18-16/h2,6-7,12-14H,1,3-5,8-11H2/t13-,14+/m0/s1. The number of rotatable bonds is 2. The van der Waals surface area contributed by atoms with Crippen molar-refractivity contribution in [3.63, 3.8) is 0 Å². The number of piperidine rings is 1. The van der Waals surface area contributed by atoms with Crippen LogP contribution in [0.5, 0.6) is 0 Å². The summed E-state index contributed by atoms with van der Waals surface area (Å²) in [6.45, 7) is 3.91. The number of carbonyl (C=O) groups excluding carboxylic acids is 1. The number of hydrogen-bond acceptors (Lipinski definition) is 4. The Hall–Kier alpha value is -1.65. The lowest BCUT2D eigenvalue weighted by Crippen LogP contribution is -2.41. The van der Waals surface area contributed by atoms with Crippen molar-refractivity contribution in [3.05, 3.63) is 18.5 Å². The number of nitrogens with zero attached hydrogens (tertiary/aromatic N) is 4. The molecule has 21 heavy (non-hydrogen) atoms. The number of likely N-dealkylation sites (tertiary alicyclic amines) is 1. The molecule has 2 aliphatic heterocycles. The molecule has 5 heteroatoms. The molecule has 1 amide bonds. The van der Waals surface area contributed by atoms with Gasteiger partial charge in [-0.3, -0.25) is 4.79 Å². The van der Waals surface area contributed by atoms with Gasteiger partial charge in [-0.05, 0) is 37.2 Å². The number of aromatic nitrogens is 2. The number of anilines is 1. The van der Waals surface area contributed by atoms with Crippen LogP contribution >= 0.6 is 0 Å². The second kappa shape index (κ2) is 5.28. The molecule has 3 heterocycles. The molecule has 0 N–H and O–H groups in total. The van der Waals surface area contributed by atoms with Crippen LogP contribution < -0.4 is 4.90 Å². The molecule has 0 spiro atoms. The van der Waals surface area contributed by atoms with Crippen LogP contribution in [0.1, 0.15) is 25.7 Å². The highest BCUT2D eigenvalue weighted by Gasteiger charge is 2.41. The predicted octanol–water partition coefficient (Wildman–Crippen LogP) is 1.56. The van der Waals surface area contributed by atoms with E-state index in [1.807, 2.05) is 6.07 Å². The van der Waals surface area contributed by atoms with Gasteiger partial charge in [0.15, 0.2) is 0 Å². The van der Waals surface area contributed by atoms with Gasteiger partial charge in [0.05, 0.1) is 0 Å². The first-order valence-corrected chi connectivity index (χ1v) is 8.12. The number of amides is 1. The van der Waals surface area contributed by atoms with Gasteiger partial charge < -0.3 is 9.80 Å². The van der Waals surface area contributed by atoms with Crippen LogP contribution in [0.2, 0.25) is 0 Å². The SMILES string of the molecule is O=C(C1CCC1)N1C[C@@H]2CCN(c3ncccn3)C[C@@H]2C1. The maximum Gasteiger partial charge on any atom is 0.225 e. The molecule has 2 atom stereocenters. The van der Waals surface area contributed by atoms with Crippen LogP contribution in [0.15, 0.2) is 18.5 Å². The molecule has 0 unspecified atom stereocenters. The summed E-state index contributed by atoms with van der Waals surface area (Å²) in [5, 5.41) is 0. The highest BCUT2D eigenvalue weighted by atomic mass is 16.2. The highest BCUT2D eigenvalue weighted by molar-refractivity contribution is 5.80. The van der Waals surface area contributed by atoms with Crippen molar-refractivity contribution < 1.29 is 4.79 Å². The molecular weight excluding hydrogens is 264 g/mol. The largest absolute Gasteiger partial charge is 0.342 e. The Bertz CT molecular complexity index is 516. The molecule has 112 valence electrons. The summed E-state index contributed by atoms with van der Waals surface area (Å²) in [5.74, 6) is 2.84. The van der Waals surface area contributed by atoms with Crippen LogP contribution in [0.3, 0.4) is 0 Å². The third-order valence-corrected chi connectivity index (χ3v) is 5.40. The van der Waals surface area contributed by atoms with Crippen molar-refractivity contribution in [2.45, 2.75) is 25.7 Å². The van der Waals surface area contributed by atoms with Gasteiger partial charge in [-0.15, -0.1) is 0 Å². The summed E-state index contributed by atoms with van der Waals surface area (Å²) in [7, 11) is 0. The smallest absolute Gasteiger partial charge is 0.225 e. The first kappa shape index (κ1) is 13.0. The van der Waals surface area contributed by atoms with Crippen molar-refractivity contribution in [3.8, 4) is 0 Å². The molecule has 4 rings (SSSR count). The summed E-state index contributed by atoms with van der Waals surface area (Å²) < 4.78 is 0. The Labute approximate surface area is 125 Å². The van der Waals surface area contributed by atoms with Gasteiger partial charge in [-0.25, -0.2) is 9.97 Å². The van der Waals surface area contributed by atoms with Gasteiger partial charge in [0.1, 0.15) is 0 Å². The van der Waals surface area contributed by atoms with E-state index in [9.17, 15) is 4.79 Å². The van der Waals surface area contributed by atoms with Crippen molar-refractivity contribution >= 4 is 11.9 Å². The third kappa shape index (κ3) is 2.39. The zero-order chi connectivity index (χ0) is 14.2. The minimum absolute atomic E-state index is 0.332. The quantitative estimate of drug-likeness (QED) is 0.828. The zero-order valence-corrected chi connectivity index (χ0v) is 12.3. The Balaban J connectivity index is 1.41. The average Bonchev–Trinajstić information content (AvgIpc) is 2.89. The van der Waals surface area contributed by atoms with Crippen LogP contribution in [-0.2, 0) is 4.79 Å². The lowest BCUT2D eigenvalue weighted by atomic mass is 9.84. The zero-order valence-electron chi connectivity index (χ0n) is 12.3. The summed E-state index contributed by atoms with van der Waals surface area (Å²) in [6, 6.07) is 1.85. The maximum absolute atomic E-state index is 12.4. The topological polar surface area (TPSA) is 49.3 Å². The van der Waals surface area contributed by atoms with Gasteiger partial charge in [0.2, 0.25) is 11.9 Å². The Morgan fingerprint density at radius 2 is 1.81 bits per heavy atom. The lowest BCUT2D eigenvalue weighted by molar-refractivity contribution is -0.137. The van der Waals surface area contributed by atoms with Crippen molar-refractivity contribution in [1.29, 1.82) is 0 Å². The molecule has 3 aliphatic rings. The van der Waals surface area contributed by atoms with E-state index < -0.39 is 0 Å². The average molecular weight is 286 g/mol. The van der Waals surface area contributed by atoms with E-state index in [4.69, 9.17) is 0 Å². The maximum atomic E-state index is 12.4. The number of fused-ring (bicyclic) bond motifs is 1. The van der Waals surface area contributed by atoms with Gasteiger partial charge in [0.25, 0.3) is 0 Å². The van der Waals surface area contributed by atoms with E-state index in [0.717, 1.165) is 51.4 Å². The predicted molar refractivity (Wildman–Crippen MR) is 79.8 cm³/mol. The van der Waals surface area contributed by atoms with E-state index >= 15 is 0 Å². The Morgan fingerprint density at radius 3 is 2.52 bits per heavy atom. The normalized spacial score (nSPS) is 29.1. The van der Waals surface area contributed by atoms with Crippen molar-refractivity contribution in [1.82, 2.24) is 14.9 Å². The van der Waals surface area contributed by atoms with Gasteiger partial charge in [0, 0.05) is 44.5 Å². The summed E-state index contributed by atoms with van der Waals surface area (Å²) >= 11 is 0. The highest BCUT2D eigenvalue weighted by Crippen LogP contribution is 2.35. The van der Waals surface area contributed by atoms with E-state index in [2.05, 4.69) is 19.8 Å². The number of carbonyl (C=O) groups is 1. The summed E-state index contributed by atoms with van der Waals surface area (Å²) in [5.41, 5.74) is 0. The third-order valence-electron chi connectivity index (χ3n) is 5.40. The second-order valence-electron chi connectivity index (χ2n) is 6.67. The van der Waals surface area contributed by atoms with E-state index in [-0.39, 0.29) is 0 Å². The Morgan fingerprint density at radius 1 is 1.05 bits per heavy atom. The molecule has 0 bridgehead atoms. The summed E-state index contributed by atoms with van der Waals surface area (Å²) in [4.78, 5) is 25.5. The van der Waals surface area contributed by atoms with Crippen molar-refractivity contribution in [2.24, 2.45) is 17.8 Å². The molecule has 1 aliphatic carbocycles. The molecular formula is C16H22N4O. The molecule has 2 saturated heterocycles. The number of hydrogen-bond donors (Lipinski definition) is 0. The molecule has 0 aromatic carbocycles. The molecule has 3 fully saturated rings. The molecule has 0 radical (unpaired) electrons. The summed E-state index contributed by atoms with van der Waals surface area (Å²) in [6.07, 6.45) is 8.20. The molecule has 1 aromatic heterocycles. The van der Waals surface area contributed by atoms with E-state index in [1.165, 1.54) is 6.42 Å². The lowest BCUT2D eigenvalue weighted by Gasteiger charge is -2.34.